The van der Waals surface area contributed by atoms with Gasteiger partial charge in [-0.15, -0.1) is 0 Å². The van der Waals surface area contributed by atoms with E-state index in [0.717, 1.165) is 18.2 Å². The SMILES string of the molecule is CS(=O)CCC1CCC(=O)C(c2ccc(C(F)(F)F)c(C#N)c2)C1=O. The molecular weight excluding hydrogens is 355 g/mol. The van der Waals surface area contributed by atoms with Crippen molar-refractivity contribution in [2.24, 2.45) is 5.92 Å². The molecule has 25 heavy (non-hydrogen) atoms. The van der Waals surface area contributed by atoms with Gasteiger partial charge in [0, 0.05) is 35.1 Å². The molecule has 0 aromatic heterocycles. The first kappa shape index (κ1) is 19.3. The smallest absolute Gasteiger partial charge is 0.299 e. The molecular formula is C17H16F3NO3S. The monoisotopic (exact) mass is 371 g/mol. The van der Waals surface area contributed by atoms with Crippen molar-refractivity contribution in [2.75, 3.05) is 12.0 Å². The molecule has 3 unspecified atom stereocenters. The van der Waals surface area contributed by atoms with E-state index in [4.69, 9.17) is 5.26 Å². The molecule has 1 aromatic carbocycles. The van der Waals surface area contributed by atoms with Crippen LogP contribution in [0.25, 0.3) is 0 Å². The van der Waals surface area contributed by atoms with Gasteiger partial charge in [-0.05, 0) is 30.5 Å². The summed E-state index contributed by atoms with van der Waals surface area (Å²) >= 11 is 0. The van der Waals surface area contributed by atoms with E-state index in [2.05, 4.69) is 0 Å². The minimum Gasteiger partial charge on any atom is -0.299 e. The fourth-order valence-electron chi connectivity index (χ4n) is 3.02. The third-order valence-corrected chi connectivity index (χ3v) is 5.12. The van der Waals surface area contributed by atoms with E-state index in [1.54, 1.807) is 0 Å². The third kappa shape index (κ3) is 4.34. The molecule has 4 nitrogen and oxygen atoms in total. The summed E-state index contributed by atoms with van der Waals surface area (Å²) in [4.78, 5) is 24.8. The quantitative estimate of drug-likeness (QED) is 0.763. The molecule has 1 aromatic rings. The zero-order valence-corrected chi connectivity index (χ0v) is 14.2. The predicted molar refractivity (Wildman–Crippen MR) is 85.2 cm³/mol. The number of benzene rings is 1. The molecule has 1 fully saturated rings. The Morgan fingerprint density at radius 1 is 1.32 bits per heavy atom. The Labute approximate surface area is 145 Å². The number of hydrogen-bond donors (Lipinski definition) is 0. The number of carbonyl (C=O) groups is 2. The summed E-state index contributed by atoms with van der Waals surface area (Å²) in [6, 6.07) is 4.28. The van der Waals surface area contributed by atoms with Crippen LogP contribution in [-0.2, 0) is 26.6 Å². The Morgan fingerprint density at radius 2 is 2.00 bits per heavy atom. The van der Waals surface area contributed by atoms with Gasteiger partial charge in [-0.3, -0.25) is 13.8 Å². The lowest BCUT2D eigenvalue weighted by atomic mass is 9.74. The first-order chi connectivity index (χ1) is 11.6. The number of Topliss-reactive ketones (excluding diaryl/α,β-unsaturated/α-hetero) is 2. The van der Waals surface area contributed by atoms with Crippen LogP contribution in [0.3, 0.4) is 0 Å². The van der Waals surface area contributed by atoms with Crippen LogP contribution in [0.4, 0.5) is 13.2 Å². The van der Waals surface area contributed by atoms with E-state index >= 15 is 0 Å². The average molecular weight is 371 g/mol. The van der Waals surface area contributed by atoms with E-state index in [9.17, 15) is 27.0 Å². The highest BCUT2D eigenvalue weighted by Crippen LogP contribution is 2.36. The van der Waals surface area contributed by atoms with Gasteiger partial charge in [0.25, 0.3) is 0 Å². The van der Waals surface area contributed by atoms with Crippen LogP contribution in [-0.4, -0.2) is 27.8 Å². The van der Waals surface area contributed by atoms with Crippen molar-refractivity contribution in [2.45, 2.75) is 31.4 Å². The summed E-state index contributed by atoms with van der Waals surface area (Å²) in [5.74, 6) is -2.00. The van der Waals surface area contributed by atoms with E-state index in [1.807, 2.05) is 0 Å². The molecule has 0 heterocycles. The molecule has 0 bridgehead atoms. The summed E-state index contributed by atoms with van der Waals surface area (Å²) in [5, 5.41) is 8.98. The van der Waals surface area contributed by atoms with Crippen molar-refractivity contribution >= 4 is 22.4 Å². The molecule has 0 amide bonds. The van der Waals surface area contributed by atoms with Gasteiger partial charge in [-0.1, -0.05) is 6.07 Å². The van der Waals surface area contributed by atoms with Crippen molar-refractivity contribution in [1.82, 2.24) is 0 Å². The van der Waals surface area contributed by atoms with Crippen LogP contribution < -0.4 is 0 Å². The van der Waals surface area contributed by atoms with Crippen LogP contribution in [0.2, 0.25) is 0 Å². The van der Waals surface area contributed by atoms with Gasteiger partial charge in [0.05, 0.1) is 17.2 Å². The second-order valence-corrected chi connectivity index (χ2v) is 7.57. The van der Waals surface area contributed by atoms with Crippen molar-refractivity contribution in [3.8, 4) is 6.07 Å². The van der Waals surface area contributed by atoms with Gasteiger partial charge in [0.15, 0.2) is 5.78 Å². The Morgan fingerprint density at radius 3 is 2.56 bits per heavy atom. The molecule has 3 atom stereocenters. The highest BCUT2D eigenvalue weighted by molar-refractivity contribution is 7.84. The van der Waals surface area contributed by atoms with Gasteiger partial charge in [-0.2, -0.15) is 18.4 Å². The van der Waals surface area contributed by atoms with E-state index in [-0.39, 0.29) is 23.6 Å². The second kappa shape index (κ2) is 7.48. The number of nitrogens with zero attached hydrogens (tertiary/aromatic N) is 1. The summed E-state index contributed by atoms with van der Waals surface area (Å²) in [5.41, 5.74) is -1.59. The molecule has 1 saturated carbocycles. The summed E-state index contributed by atoms with van der Waals surface area (Å²) in [7, 11) is -1.07. The zero-order valence-electron chi connectivity index (χ0n) is 13.4. The van der Waals surface area contributed by atoms with Crippen LogP contribution in [0, 0.1) is 17.2 Å². The van der Waals surface area contributed by atoms with Crippen molar-refractivity contribution in [3.63, 3.8) is 0 Å². The number of nitriles is 1. The molecule has 0 aliphatic heterocycles. The number of hydrogen-bond acceptors (Lipinski definition) is 4. The van der Waals surface area contributed by atoms with Crippen LogP contribution >= 0.6 is 0 Å². The number of alkyl halides is 3. The maximum Gasteiger partial charge on any atom is 0.417 e. The molecule has 8 heteroatoms. The van der Waals surface area contributed by atoms with Gasteiger partial charge < -0.3 is 0 Å². The average Bonchev–Trinajstić information content (AvgIpc) is 2.52. The fourth-order valence-corrected chi connectivity index (χ4v) is 3.64. The normalized spacial score (nSPS) is 22.5. The van der Waals surface area contributed by atoms with Gasteiger partial charge in [-0.25, -0.2) is 0 Å². The minimum atomic E-state index is -4.68. The lowest BCUT2D eigenvalue weighted by molar-refractivity contribution is -0.137. The number of rotatable bonds is 4. The molecule has 0 radical (unpaired) electrons. The van der Waals surface area contributed by atoms with Gasteiger partial charge in [0.2, 0.25) is 0 Å². The number of ketones is 2. The van der Waals surface area contributed by atoms with E-state index < -0.39 is 39.9 Å². The standard InChI is InChI=1S/C17H16F3NO3S/c1-25(24)7-6-10-3-5-14(22)15(16(10)23)11-2-4-13(17(18,19)20)12(8-11)9-21/h2,4,8,10,15H,3,5-7H2,1H3. The Bertz CT molecular complexity index is 767. The lowest BCUT2D eigenvalue weighted by Gasteiger charge is -2.27. The molecule has 1 aliphatic carbocycles. The fraction of sp³-hybridized carbons (Fsp3) is 0.471. The van der Waals surface area contributed by atoms with Gasteiger partial charge >= 0.3 is 6.18 Å². The maximum atomic E-state index is 12.9. The summed E-state index contributed by atoms with van der Waals surface area (Å²) in [6.45, 7) is 0. The lowest BCUT2D eigenvalue weighted by Crippen LogP contribution is -2.34. The Balaban J connectivity index is 2.35. The topological polar surface area (TPSA) is 75.0 Å². The van der Waals surface area contributed by atoms with Crippen molar-refractivity contribution in [1.29, 1.82) is 5.26 Å². The van der Waals surface area contributed by atoms with Crippen LogP contribution in [0.5, 0.6) is 0 Å². The molecule has 0 N–H and O–H groups in total. The van der Waals surface area contributed by atoms with E-state index in [1.165, 1.54) is 12.3 Å². The molecule has 134 valence electrons. The highest BCUT2D eigenvalue weighted by Gasteiger charge is 2.39. The van der Waals surface area contributed by atoms with Crippen molar-refractivity contribution in [3.05, 3.63) is 34.9 Å². The maximum absolute atomic E-state index is 12.9. The Hall–Kier alpha value is -2.01. The molecule has 1 aliphatic rings. The number of carbonyl (C=O) groups excluding carboxylic acids is 2. The van der Waals surface area contributed by atoms with E-state index in [0.29, 0.717) is 18.6 Å². The number of halogens is 3. The first-order valence-corrected chi connectivity index (χ1v) is 9.35. The zero-order chi connectivity index (χ0) is 18.8. The predicted octanol–water partition coefficient (Wildman–Crippen LogP) is 2.98. The van der Waals surface area contributed by atoms with Gasteiger partial charge in [0.1, 0.15) is 11.7 Å². The Kier molecular flexibility index (Phi) is 5.78. The highest BCUT2D eigenvalue weighted by atomic mass is 32.2. The van der Waals surface area contributed by atoms with Crippen LogP contribution in [0.1, 0.15) is 41.9 Å². The molecule has 0 saturated heterocycles. The summed E-state index contributed by atoms with van der Waals surface area (Å²) < 4.78 is 49.9. The first-order valence-electron chi connectivity index (χ1n) is 7.63. The van der Waals surface area contributed by atoms with Crippen molar-refractivity contribution < 1.29 is 27.0 Å². The summed E-state index contributed by atoms with van der Waals surface area (Å²) in [6.07, 6.45) is -2.29. The van der Waals surface area contributed by atoms with Crippen LogP contribution in [0.15, 0.2) is 18.2 Å². The second-order valence-electron chi connectivity index (χ2n) is 6.02. The largest absolute Gasteiger partial charge is 0.417 e. The minimum absolute atomic E-state index is 0.113. The third-order valence-electron chi connectivity index (χ3n) is 4.30. The molecule has 0 spiro atoms. The molecule has 2 rings (SSSR count).